The summed E-state index contributed by atoms with van der Waals surface area (Å²) in [7, 11) is 0. The molecule has 0 aliphatic carbocycles. The molecule has 0 radical (unpaired) electrons. The molecule has 7 heteroatoms. The van der Waals surface area contributed by atoms with Crippen LogP contribution in [-0.2, 0) is 6.52 Å². The highest BCUT2D eigenvalue weighted by atomic mass is 32.1. The second-order valence-corrected chi connectivity index (χ2v) is 7.63. The number of nitriles is 1. The molecule has 1 fully saturated rings. The van der Waals surface area contributed by atoms with E-state index >= 15 is 0 Å². The Balaban J connectivity index is 1.76. The van der Waals surface area contributed by atoms with E-state index in [1.807, 2.05) is 0 Å². The van der Waals surface area contributed by atoms with Crippen molar-refractivity contribution in [1.82, 2.24) is 14.9 Å². The van der Waals surface area contributed by atoms with Gasteiger partial charge in [0.25, 0.3) is 0 Å². The third-order valence-electron chi connectivity index (χ3n) is 4.24. The standard InChI is InChI=1S/C22H24FN5S/c1-14(2)20-10-18-21(25-13-26-22(18)29-20)27-17-5-7-28(8-6-17)12-15-3-4-19(23)16(9-15)11-24/h3-4,9-10,13-14,17H,5-8,12H2,1-2H3,(H,25,26,27)/i5D2,6D2,10D,12D,14D,17D/hD. The van der Waals surface area contributed by atoms with Gasteiger partial charge in [-0.2, -0.15) is 5.26 Å². The predicted octanol–water partition coefficient (Wildman–Crippen LogP) is 4.90. The van der Waals surface area contributed by atoms with E-state index in [4.69, 9.17) is 17.6 Å². The van der Waals surface area contributed by atoms with E-state index in [-0.39, 0.29) is 33.2 Å². The van der Waals surface area contributed by atoms with Crippen molar-refractivity contribution in [3.63, 3.8) is 0 Å². The average Bonchev–Trinajstić information content (AvgIpc) is 3.18. The summed E-state index contributed by atoms with van der Waals surface area (Å²) in [4.78, 5) is 9.85. The van der Waals surface area contributed by atoms with E-state index in [0.717, 1.165) is 34.7 Å². The number of fused-ring (bicyclic) bond motifs is 1. The molecule has 5 nitrogen and oxygen atoms in total. The lowest BCUT2D eigenvalue weighted by molar-refractivity contribution is 0.211. The molecule has 3 heterocycles. The van der Waals surface area contributed by atoms with Crippen LogP contribution in [0.3, 0.4) is 0 Å². The first-order chi connectivity index (χ1) is 17.5. The van der Waals surface area contributed by atoms with Gasteiger partial charge in [-0.25, -0.2) is 14.4 Å². The minimum absolute atomic E-state index is 0.0252. The molecule has 0 spiro atoms. The Morgan fingerprint density at radius 2 is 2.34 bits per heavy atom. The van der Waals surface area contributed by atoms with Crippen LogP contribution in [0.15, 0.2) is 30.6 Å². The van der Waals surface area contributed by atoms with Crippen LogP contribution in [0.25, 0.3) is 10.2 Å². The van der Waals surface area contributed by atoms with Crippen LogP contribution in [-0.4, -0.2) is 34.0 Å². The number of benzene rings is 1. The average molecular weight is 419 g/mol. The summed E-state index contributed by atoms with van der Waals surface area (Å²) in [6.07, 6.45) is -4.41. The molecule has 1 aliphatic heterocycles. The molecule has 0 saturated carbocycles. The number of hydrogen-bond acceptors (Lipinski definition) is 6. The van der Waals surface area contributed by atoms with Crippen LogP contribution in [0.2, 0.25) is 1.41 Å². The highest BCUT2D eigenvalue weighted by Crippen LogP contribution is 2.33. The maximum atomic E-state index is 13.8. The van der Waals surface area contributed by atoms with Crippen molar-refractivity contribution in [1.29, 1.82) is 5.26 Å². The summed E-state index contributed by atoms with van der Waals surface area (Å²) in [5.74, 6) is -2.28. The number of anilines is 1. The lowest BCUT2D eigenvalue weighted by Gasteiger charge is -2.32. The second-order valence-electron chi connectivity index (χ2n) is 6.63. The fourth-order valence-electron chi connectivity index (χ4n) is 2.76. The highest BCUT2D eigenvalue weighted by Gasteiger charge is 2.21. The van der Waals surface area contributed by atoms with Gasteiger partial charge in [-0.3, -0.25) is 4.90 Å². The van der Waals surface area contributed by atoms with Gasteiger partial charge >= 0.3 is 0 Å². The van der Waals surface area contributed by atoms with Gasteiger partial charge in [0.15, 0.2) is 1.41 Å². The molecule has 1 saturated heterocycles. The topological polar surface area (TPSA) is 64.8 Å². The van der Waals surface area contributed by atoms with Crippen molar-refractivity contribution in [2.45, 2.75) is 45.0 Å². The molecule has 4 rings (SSSR count). The molecule has 1 aromatic carbocycles. The first kappa shape index (κ1) is 11.6. The van der Waals surface area contributed by atoms with E-state index in [0.29, 0.717) is 10.2 Å². The fourth-order valence-corrected chi connectivity index (χ4v) is 3.66. The number of piperidine rings is 1. The number of likely N-dealkylation sites (tertiary alicyclic amines) is 1. The zero-order valence-electron chi connectivity index (χ0n) is 24.8. The summed E-state index contributed by atoms with van der Waals surface area (Å²) in [5.41, 5.74) is -0.158. The minimum atomic E-state index is -2.87. The van der Waals surface area contributed by atoms with Crippen molar-refractivity contribution < 1.29 is 16.8 Å². The summed E-state index contributed by atoms with van der Waals surface area (Å²) >= 11 is 1.05. The summed E-state index contributed by atoms with van der Waals surface area (Å²) in [5, 5.41) is 9.47. The summed E-state index contributed by atoms with van der Waals surface area (Å²) < 4.78 is 91.9. The first-order valence-corrected chi connectivity index (χ1v) is 9.67. The van der Waals surface area contributed by atoms with Gasteiger partial charge in [-0.1, -0.05) is 19.9 Å². The number of hydrogen-bond donors (Lipinski definition) is 1. The number of nitrogens with one attached hydrogen (secondary N) is 1. The lowest BCUT2D eigenvalue weighted by Crippen LogP contribution is -2.38. The number of aromatic nitrogens is 2. The first-order valence-electron chi connectivity index (χ1n) is 13.4. The molecule has 1 N–H and O–H groups in total. The Morgan fingerprint density at radius 1 is 1.55 bits per heavy atom. The fraction of sp³-hybridized carbons (Fsp3) is 0.409. The van der Waals surface area contributed by atoms with Crippen molar-refractivity contribution in [2.75, 3.05) is 18.4 Å². The molecule has 1 atom stereocenters. The third kappa shape index (κ3) is 4.39. The van der Waals surface area contributed by atoms with Crippen LogP contribution in [0.4, 0.5) is 10.2 Å². The lowest BCUT2D eigenvalue weighted by atomic mass is 10.0. The van der Waals surface area contributed by atoms with Gasteiger partial charge < -0.3 is 5.31 Å². The van der Waals surface area contributed by atoms with Crippen LogP contribution in [0.5, 0.6) is 0 Å². The SMILES string of the molecule is [2H]c1c(C([2H])(C)C)sc2ncnc(N([2H])C3([2H])C([2H])([2H])CN(C([2H])c4ccc(F)c(C#N)c4)CC3([2H])[2H])c12. The Morgan fingerprint density at radius 3 is 3.07 bits per heavy atom. The zero-order valence-corrected chi connectivity index (χ0v) is 16.6. The van der Waals surface area contributed by atoms with Gasteiger partial charge in [-0.15, -0.1) is 11.3 Å². The minimum Gasteiger partial charge on any atom is -0.367 e. The molecule has 29 heavy (non-hydrogen) atoms. The normalized spacial score (nSPS) is 26.2. The third-order valence-corrected chi connectivity index (χ3v) is 5.46. The van der Waals surface area contributed by atoms with Crippen molar-refractivity contribution in [2.24, 2.45) is 0 Å². The van der Waals surface area contributed by atoms with Crippen LogP contribution in [0.1, 0.15) is 59.5 Å². The summed E-state index contributed by atoms with van der Waals surface area (Å²) in [6.45, 7) is 0.530. The zero-order chi connectivity index (χ0) is 28.4. The van der Waals surface area contributed by atoms with Crippen LogP contribution < -0.4 is 5.31 Å². The second kappa shape index (κ2) is 8.44. The number of rotatable bonds is 5. The molecule has 3 aromatic rings. The Hall–Kier alpha value is -2.56. The van der Waals surface area contributed by atoms with Crippen molar-refractivity contribution in [3.8, 4) is 6.07 Å². The van der Waals surface area contributed by atoms with Crippen LogP contribution >= 0.6 is 11.3 Å². The number of nitrogens with zero attached hydrogens (tertiary/aromatic N) is 4. The van der Waals surface area contributed by atoms with Gasteiger partial charge in [0.2, 0.25) is 0 Å². The quantitative estimate of drug-likeness (QED) is 0.638. The molecular weight excluding hydrogens is 385 g/mol. The largest absolute Gasteiger partial charge is 0.367 e. The van der Waals surface area contributed by atoms with Crippen LogP contribution in [0, 0.1) is 17.1 Å². The molecule has 0 amide bonds. The van der Waals surface area contributed by atoms with E-state index in [1.54, 1.807) is 19.9 Å². The Bertz CT molecular complexity index is 1420. The van der Waals surface area contributed by atoms with E-state index < -0.39 is 50.1 Å². The van der Waals surface area contributed by atoms with Gasteiger partial charge in [0.05, 0.1) is 13.7 Å². The smallest absolute Gasteiger partial charge is 0.162 e. The monoisotopic (exact) mass is 418 g/mol. The van der Waals surface area contributed by atoms with Crippen molar-refractivity contribution in [3.05, 3.63) is 52.4 Å². The van der Waals surface area contributed by atoms with Crippen molar-refractivity contribution >= 4 is 27.4 Å². The van der Waals surface area contributed by atoms with Gasteiger partial charge in [0, 0.05) is 38.7 Å². The Labute approximate surface area is 186 Å². The molecule has 1 aliphatic rings. The molecular formula is C22H24FN5S. The molecule has 150 valence electrons. The predicted molar refractivity (Wildman–Crippen MR) is 115 cm³/mol. The number of thiophene rings is 1. The molecule has 2 aromatic heterocycles. The van der Waals surface area contributed by atoms with E-state index in [9.17, 15) is 4.39 Å². The van der Waals surface area contributed by atoms with E-state index in [1.165, 1.54) is 6.07 Å². The van der Waals surface area contributed by atoms with Gasteiger partial charge in [0.1, 0.15) is 28.9 Å². The number of halogens is 1. The molecule has 1 unspecified atom stereocenters. The molecule has 0 bridgehead atoms. The van der Waals surface area contributed by atoms with E-state index in [2.05, 4.69) is 9.97 Å². The maximum absolute atomic E-state index is 13.8. The summed E-state index contributed by atoms with van der Waals surface area (Å²) in [6, 6.07) is 2.08. The Kier molecular flexibility index (Phi) is 3.37. The van der Waals surface area contributed by atoms with Gasteiger partial charge in [-0.05, 0) is 42.4 Å². The maximum Gasteiger partial charge on any atom is 0.162 e. The highest BCUT2D eigenvalue weighted by molar-refractivity contribution is 7.18.